The summed E-state index contributed by atoms with van der Waals surface area (Å²) in [6, 6.07) is 16.6. The van der Waals surface area contributed by atoms with Gasteiger partial charge < -0.3 is 15.2 Å². The number of esters is 2. The van der Waals surface area contributed by atoms with Gasteiger partial charge in [0.15, 0.2) is 0 Å². The first-order chi connectivity index (χ1) is 21.3. The number of carbonyl (C=O) groups is 3. The molecule has 4 fully saturated rings. The first kappa shape index (κ1) is 33.8. The van der Waals surface area contributed by atoms with Crippen molar-refractivity contribution in [3.63, 3.8) is 0 Å². The average Bonchev–Trinajstić information content (AvgIpc) is 3.86. The third-order valence-electron chi connectivity index (χ3n) is 8.72. The number of carbonyl (C=O) groups excluding carboxylic acids is 3. The van der Waals surface area contributed by atoms with Gasteiger partial charge in [0.1, 0.15) is 17.4 Å². The van der Waals surface area contributed by atoms with Crippen LogP contribution in [0.2, 0.25) is 0 Å². The molecule has 2 aliphatic carbocycles. The SMILES string of the molecule is CCOC(=O)C1(NCc2cccc(CN3CCCC3)c2)CC1.COC(=O)C1(N)CC1.O=Cc1cccc(CN2CCCC2)c1. The van der Waals surface area contributed by atoms with Crippen LogP contribution in [0, 0.1) is 0 Å². The molecule has 2 aliphatic heterocycles. The summed E-state index contributed by atoms with van der Waals surface area (Å²) in [6.45, 7) is 9.90. The van der Waals surface area contributed by atoms with Gasteiger partial charge in [-0.1, -0.05) is 42.5 Å². The molecule has 2 heterocycles. The lowest BCUT2D eigenvalue weighted by atomic mass is 10.1. The highest BCUT2D eigenvalue weighted by Crippen LogP contribution is 2.37. The summed E-state index contributed by atoms with van der Waals surface area (Å²) < 4.78 is 9.58. The number of rotatable bonds is 11. The maximum atomic E-state index is 12.0. The van der Waals surface area contributed by atoms with Crippen LogP contribution in [0.25, 0.3) is 0 Å². The van der Waals surface area contributed by atoms with Crippen molar-refractivity contribution in [1.82, 2.24) is 15.1 Å². The topological polar surface area (TPSA) is 114 Å². The molecular weight excluding hydrogens is 556 g/mol. The first-order valence-corrected chi connectivity index (χ1v) is 16.2. The fourth-order valence-electron chi connectivity index (χ4n) is 5.66. The zero-order valence-corrected chi connectivity index (χ0v) is 26.5. The number of nitrogens with one attached hydrogen (secondary N) is 1. The Bertz CT molecular complexity index is 1230. The maximum Gasteiger partial charge on any atom is 0.326 e. The highest BCUT2D eigenvalue weighted by molar-refractivity contribution is 5.84. The number of nitrogens with zero attached hydrogens (tertiary/aromatic N) is 2. The van der Waals surface area contributed by atoms with Crippen molar-refractivity contribution in [2.75, 3.05) is 39.9 Å². The molecule has 0 radical (unpaired) electrons. The Labute approximate surface area is 262 Å². The third-order valence-corrected chi connectivity index (χ3v) is 8.72. The van der Waals surface area contributed by atoms with Gasteiger partial charge in [0.05, 0.1) is 13.7 Å². The minimum atomic E-state index is -0.602. The zero-order chi connectivity index (χ0) is 31.4. The monoisotopic (exact) mass is 606 g/mol. The molecule has 9 nitrogen and oxygen atoms in total. The zero-order valence-electron chi connectivity index (χ0n) is 26.5. The molecule has 4 aliphatic rings. The largest absolute Gasteiger partial charge is 0.468 e. The van der Waals surface area contributed by atoms with Gasteiger partial charge in [-0.15, -0.1) is 0 Å². The molecule has 2 saturated heterocycles. The molecule has 3 N–H and O–H groups in total. The van der Waals surface area contributed by atoms with Gasteiger partial charge in [-0.05, 0) is 107 Å². The third kappa shape index (κ3) is 10.2. The van der Waals surface area contributed by atoms with Crippen LogP contribution in [0.15, 0.2) is 48.5 Å². The Kier molecular flexibility index (Phi) is 12.5. The number of methoxy groups -OCH3 is 1. The molecule has 44 heavy (non-hydrogen) atoms. The summed E-state index contributed by atoms with van der Waals surface area (Å²) >= 11 is 0. The number of hydrogen-bond donors (Lipinski definition) is 2. The van der Waals surface area contributed by atoms with Crippen molar-refractivity contribution in [2.24, 2.45) is 5.73 Å². The van der Waals surface area contributed by atoms with Gasteiger partial charge in [0.2, 0.25) is 0 Å². The molecule has 6 rings (SSSR count). The Balaban J connectivity index is 0.000000170. The molecule has 2 aromatic carbocycles. The number of likely N-dealkylation sites (tertiary alicyclic amines) is 2. The number of ether oxygens (including phenoxy) is 2. The second kappa shape index (κ2) is 16.3. The van der Waals surface area contributed by atoms with Gasteiger partial charge in [0.25, 0.3) is 0 Å². The van der Waals surface area contributed by atoms with Crippen molar-refractivity contribution < 1.29 is 23.9 Å². The van der Waals surface area contributed by atoms with Gasteiger partial charge in [0, 0.05) is 25.2 Å². The first-order valence-electron chi connectivity index (χ1n) is 16.2. The van der Waals surface area contributed by atoms with Crippen LogP contribution >= 0.6 is 0 Å². The number of hydrogen-bond acceptors (Lipinski definition) is 9. The maximum absolute atomic E-state index is 12.0. The van der Waals surface area contributed by atoms with Crippen LogP contribution in [-0.2, 0) is 38.7 Å². The lowest BCUT2D eigenvalue weighted by Gasteiger charge is -2.17. The van der Waals surface area contributed by atoms with E-state index in [0.29, 0.717) is 6.61 Å². The molecular formula is C35H50N4O5. The molecule has 0 amide bonds. The minimum Gasteiger partial charge on any atom is -0.468 e. The second-order valence-corrected chi connectivity index (χ2v) is 12.5. The fraction of sp³-hybridized carbons (Fsp3) is 0.571. The highest BCUT2D eigenvalue weighted by Gasteiger charge is 2.51. The quantitative estimate of drug-likeness (QED) is 0.287. The van der Waals surface area contributed by atoms with E-state index in [1.807, 2.05) is 25.1 Å². The number of aldehydes is 1. The lowest BCUT2D eigenvalue weighted by molar-refractivity contribution is -0.147. The van der Waals surface area contributed by atoms with Crippen molar-refractivity contribution in [3.8, 4) is 0 Å². The van der Waals surface area contributed by atoms with Gasteiger partial charge in [-0.3, -0.25) is 29.5 Å². The number of nitrogens with two attached hydrogens (primary N) is 1. The van der Waals surface area contributed by atoms with E-state index in [2.05, 4.69) is 50.2 Å². The van der Waals surface area contributed by atoms with Gasteiger partial charge >= 0.3 is 11.9 Å². The van der Waals surface area contributed by atoms with E-state index in [4.69, 9.17) is 10.5 Å². The fourth-order valence-corrected chi connectivity index (χ4v) is 5.66. The molecule has 9 heteroatoms. The van der Waals surface area contributed by atoms with E-state index >= 15 is 0 Å². The Morgan fingerprint density at radius 1 is 0.841 bits per heavy atom. The van der Waals surface area contributed by atoms with Crippen LogP contribution in [0.1, 0.15) is 85.3 Å². The molecule has 0 bridgehead atoms. The molecule has 0 spiro atoms. The van der Waals surface area contributed by atoms with Crippen LogP contribution in [0.5, 0.6) is 0 Å². The Hall–Kier alpha value is -3.11. The summed E-state index contributed by atoms with van der Waals surface area (Å²) in [4.78, 5) is 38.0. The van der Waals surface area contributed by atoms with Crippen molar-refractivity contribution in [3.05, 3.63) is 70.8 Å². The molecule has 2 saturated carbocycles. The predicted molar refractivity (Wildman–Crippen MR) is 171 cm³/mol. The average molecular weight is 607 g/mol. The molecule has 240 valence electrons. The minimum absolute atomic E-state index is 0.0942. The van der Waals surface area contributed by atoms with E-state index < -0.39 is 11.1 Å². The molecule has 0 atom stereocenters. The van der Waals surface area contributed by atoms with Crippen LogP contribution in [0.4, 0.5) is 0 Å². The summed E-state index contributed by atoms with van der Waals surface area (Å²) in [5.41, 5.74) is 9.04. The van der Waals surface area contributed by atoms with E-state index in [-0.39, 0.29) is 11.9 Å². The van der Waals surface area contributed by atoms with Crippen LogP contribution in [0.3, 0.4) is 0 Å². The molecule has 0 aromatic heterocycles. The van der Waals surface area contributed by atoms with Crippen molar-refractivity contribution >= 4 is 18.2 Å². The Morgan fingerprint density at radius 3 is 1.86 bits per heavy atom. The smallest absolute Gasteiger partial charge is 0.326 e. The van der Waals surface area contributed by atoms with E-state index in [1.54, 1.807) is 0 Å². The summed E-state index contributed by atoms with van der Waals surface area (Å²) in [7, 11) is 1.36. The normalized spacial score (nSPS) is 19.5. The number of benzene rings is 2. The van der Waals surface area contributed by atoms with Crippen molar-refractivity contribution in [2.45, 2.75) is 89.0 Å². The van der Waals surface area contributed by atoms with Crippen LogP contribution < -0.4 is 11.1 Å². The van der Waals surface area contributed by atoms with Gasteiger partial charge in [-0.25, -0.2) is 0 Å². The van der Waals surface area contributed by atoms with E-state index in [9.17, 15) is 14.4 Å². The molecule has 2 aromatic rings. The van der Waals surface area contributed by atoms with Crippen molar-refractivity contribution in [1.29, 1.82) is 0 Å². The van der Waals surface area contributed by atoms with Gasteiger partial charge in [-0.2, -0.15) is 0 Å². The molecule has 0 unspecified atom stereocenters. The lowest BCUT2D eigenvalue weighted by Crippen LogP contribution is -2.40. The Morgan fingerprint density at radius 2 is 1.39 bits per heavy atom. The predicted octanol–water partition coefficient (Wildman–Crippen LogP) is 4.21. The van der Waals surface area contributed by atoms with E-state index in [0.717, 1.165) is 57.2 Å². The van der Waals surface area contributed by atoms with E-state index in [1.165, 1.54) is 75.7 Å². The second-order valence-electron chi connectivity index (χ2n) is 12.5. The summed E-state index contributed by atoms with van der Waals surface area (Å²) in [5, 5.41) is 3.40. The summed E-state index contributed by atoms with van der Waals surface area (Å²) in [6.07, 6.45) is 9.51. The standard InChI is InChI=1S/C18H26N2O2.C12H15NO.C5H9NO2/c1-2-22-17(21)18(8-9-18)19-13-15-6-5-7-16(12-15)14-20-10-3-4-11-20;14-10-12-5-3-4-11(8-12)9-13-6-1-2-7-13;1-8-4(7)5(6)2-3-5/h5-7,12,19H,2-4,8-11,13-14H2,1H3;3-5,8,10H,1-2,6-7,9H2;2-3,6H2,1H3. The van der Waals surface area contributed by atoms with Crippen LogP contribution in [-0.4, -0.2) is 79.0 Å². The highest BCUT2D eigenvalue weighted by atomic mass is 16.5. The summed E-state index contributed by atoms with van der Waals surface area (Å²) in [5.74, 6) is -0.374.